The zero-order chi connectivity index (χ0) is 13.0. The molecule has 0 unspecified atom stereocenters. The predicted octanol–water partition coefficient (Wildman–Crippen LogP) is 3.23. The first-order chi connectivity index (χ1) is 7.91. The Morgan fingerprint density at radius 1 is 1.24 bits per heavy atom. The van der Waals surface area contributed by atoms with E-state index in [0.29, 0.717) is 12.1 Å². The van der Waals surface area contributed by atoms with E-state index in [1.165, 1.54) is 0 Å². The van der Waals surface area contributed by atoms with Gasteiger partial charge in [-0.1, -0.05) is 5.57 Å². The Bertz CT molecular complexity index is 440. The number of hydrogen-bond acceptors (Lipinski definition) is 2. The summed E-state index contributed by atoms with van der Waals surface area (Å²) in [4.78, 5) is 11.3. The molecule has 1 aromatic rings. The van der Waals surface area contributed by atoms with Gasteiger partial charge in [0.25, 0.3) is 0 Å². The average Bonchev–Trinajstić information content (AvgIpc) is 2.14. The first-order valence-corrected chi connectivity index (χ1v) is 4.87. The zero-order valence-corrected chi connectivity index (χ0v) is 9.39. The summed E-state index contributed by atoms with van der Waals surface area (Å²) in [6, 6.07) is 0.862. The summed E-state index contributed by atoms with van der Waals surface area (Å²) in [6.45, 7) is 3.48. The maximum Gasteiger partial charge on any atom is 0.344 e. The third-order valence-electron chi connectivity index (χ3n) is 1.92. The molecule has 0 saturated carbocycles. The minimum absolute atomic E-state index is 0.0859. The Hall–Kier alpha value is -1.78. The van der Waals surface area contributed by atoms with Crippen molar-refractivity contribution in [2.24, 2.45) is 0 Å². The summed E-state index contributed by atoms with van der Waals surface area (Å²) >= 11 is 0. The molecule has 2 nitrogen and oxygen atoms in total. The van der Waals surface area contributed by atoms with Crippen LogP contribution in [0, 0.1) is 17.5 Å². The van der Waals surface area contributed by atoms with E-state index < -0.39 is 29.0 Å². The summed E-state index contributed by atoms with van der Waals surface area (Å²) in [7, 11) is 0. The minimum atomic E-state index is -1.27. The van der Waals surface area contributed by atoms with Crippen molar-refractivity contribution in [1.29, 1.82) is 0 Å². The molecule has 5 heteroatoms. The maximum atomic E-state index is 13.2. The molecule has 0 N–H and O–H groups in total. The summed E-state index contributed by atoms with van der Waals surface area (Å²) < 4.78 is 43.5. The highest BCUT2D eigenvalue weighted by Crippen LogP contribution is 2.15. The lowest BCUT2D eigenvalue weighted by Crippen LogP contribution is -2.11. The van der Waals surface area contributed by atoms with Crippen LogP contribution < -0.4 is 0 Å². The van der Waals surface area contributed by atoms with Gasteiger partial charge in [-0.05, 0) is 19.9 Å². The van der Waals surface area contributed by atoms with Crippen molar-refractivity contribution < 1.29 is 22.7 Å². The van der Waals surface area contributed by atoms with E-state index >= 15 is 0 Å². The van der Waals surface area contributed by atoms with Gasteiger partial charge >= 0.3 is 5.97 Å². The Morgan fingerprint density at radius 3 is 2.24 bits per heavy atom. The second-order valence-electron chi connectivity index (χ2n) is 3.62. The third-order valence-corrected chi connectivity index (χ3v) is 1.92. The topological polar surface area (TPSA) is 26.3 Å². The number of hydrogen-bond donors (Lipinski definition) is 0. The molecule has 0 aromatic heterocycles. The van der Waals surface area contributed by atoms with Crippen LogP contribution in [0.25, 0.3) is 0 Å². The summed E-state index contributed by atoms with van der Waals surface area (Å²) in [5.74, 6) is -4.78. The molecule has 92 valence electrons. The molecule has 0 saturated heterocycles. The molecule has 0 aliphatic rings. The Labute approximate surface area is 96.7 Å². The molecule has 0 fully saturated rings. The molecule has 0 bridgehead atoms. The van der Waals surface area contributed by atoms with Crippen LogP contribution in [0.15, 0.2) is 23.8 Å². The summed E-state index contributed by atoms with van der Waals surface area (Å²) in [5.41, 5.74) is 0.0198. The number of allylic oxidation sites excluding steroid dienone is 1. The number of benzene rings is 1. The highest BCUT2D eigenvalue weighted by Gasteiger charge is 2.19. The molecule has 0 aliphatic carbocycles. The van der Waals surface area contributed by atoms with Gasteiger partial charge in [-0.3, -0.25) is 0 Å². The van der Waals surface area contributed by atoms with Crippen molar-refractivity contribution in [1.82, 2.24) is 0 Å². The van der Waals surface area contributed by atoms with Gasteiger partial charge in [-0.25, -0.2) is 18.0 Å². The predicted molar refractivity (Wildman–Crippen MR) is 56.0 cm³/mol. The Balaban J connectivity index is 2.86. The molecule has 0 heterocycles. The largest absolute Gasteiger partial charge is 0.458 e. The summed E-state index contributed by atoms with van der Waals surface area (Å²) in [6.07, 6.45) is 1.58. The third kappa shape index (κ3) is 3.62. The maximum absolute atomic E-state index is 13.2. The van der Waals surface area contributed by atoms with Gasteiger partial charge in [0.05, 0.1) is 0 Å². The lowest BCUT2D eigenvalue weighted by molar-refractivity contribution is 0.0538. The fourth-order valence-corrected chi connectivity index (χ4v) is 1.09. The first kappa shape index (κ1) is 13.3. The molecule has 0 amide bonds. The van der Waals surface area contributed by atoms with E-state index in [4.69, 9.17) is 0 Å². The van der Waals surface area contributed by atoms with E-state index in [0.717, 1.165) is 5.57 Å². The molecule has 1 aromatic carbocycles. The SMILES string of the molecule is CC(C)=CCOC(=O)c1c(F)cc(F)cc1F. The van der Waals surface area contributed by atoms with Crippen LogP contribution >= 0.6 is 0 Å². The van der Waals surface area contributed by atoms with Crippen molar-refractivity contribution in [3.63, 3.8) is 0 Å². The van der Waals surface area contributed by atoms with Crippen LogP contribution in [0.1, 0.15) is 24.2 Å². The van der Waals surface area contributed by atoms with Gasteiger partial charge in [-0.15, -0.1) is 0 Å². The van der Waals surface area contributed by atoms with E-state index in [2.05, 4.69) is 4.74 Å². The smallest absolute Gasteiger partial charge is 0.344 e. The average molecular weight is 244 g/mol. The quantitative estimate of drug-likeness (QED) is 0.602. The monoisotopic (exact) mass is 244 g/mol. The van der Waals surface area contributed by atoms with E-state index in [1.54, 1.807) is 19.9 Å². The first-order valence-electron chi connectivity index (χ1n) is 4.87. The Morgan fingerprint density at radius 2 is 1.76 bits per heavy atom. The number of esters is 1. The van der Waals surface area contributed by atoms with Crippen molar-refractivity contribution in [3.8, 4) is 0 Å². The van der Waals surface area contributed by atoms with Crippen LogP contribution in [0.3, 0.4) is 0 Å². The number of carbonyl (C=O) groups is 1. The molecule has 0 spiro atoms. The van der Waals surface area contributed by atoms with Crippen molar-refractivity contribution in [3.05, 3.63) is 46.8 Å². The highest BCUT2D eigenvalue weighted by atomic mass is 19.1. The normalized spacial score (nSPS) is 9.94. The van der Waals surface area contributed by atoms with Crippen molar-refractivity contribution >= 4 is 5.97 Å². The van der Waals surface area contributed by atoms with Crippen LogP contribution in [-0.4, -0.2) is 12.6 Å². The second kappa shape index (κ2) is 5.52. The minimum Gasteiger partial charge on any atom is -0.458 e. The highest BCUT2D eigenvalue weighted by molar-refractivity contribution is 5.90. The van der Waals surface area contributed by atoms with Gasteiger partial charge in [-0.2, -0.15) is 0 Å². The molecular weight excluding hydrogens is 233 g/mol. The number of halogens is 3. The van der Waals surface area contributed by atoms with E-state index in [1.807, 2.05) is 0 Å². The molecular formula is C12H11F3O2. The van der Waals surface area contributed by atoms with Gasteiger partial charge in [0.15, 0.2) is 0 Å². The Kier molecular flexibility index (Phi) is 4.31. The zero-order valence-electron chi connectivity index (χ0n) is 9.39. The molecule has 0 atom stereocenters. The summed E-state index contributed by atoms with van der Waals surface area (Å²) in [5, 5.41) is 0. The standard InChI is InChI=1S/C12H11F3O2/c1-7(2)3-4-17-12(16)11-9(14)5-8(13)6-10(11)15/h3,5-6H,4H2,1-2H3. The van der Waals surface area contributed by atoms with Gasteiger partial charge in [0.2, 0.25) is 0 Å². The number of ether oxygens (including phenoxy) is 1. The fourth-order valence-electron chi connectivity index (χ4n) is 1.09. The molecule has 17 heavy (non-hydrogen) atoms. The van der Waals surface area contributed by atoms with Crippen LogP contribution in [0.5, 0.6) is 0 Å². The lowest BCUT2D eigenvalue weighted by atomic mass is 10.2. The van der Waals surface area contributed by atoms with Crippen LogP contribution in [0.4, 0.5) is 13.2 Å². The van der Waals surface area contributed by atoms with E-state index in [9.17, 15) is 18.0 Å². The van der Waals surface area contributed by atoms with Gasteiger partial charge in [0, 0.05) is 12.1 Å². The number of rotatable bonds is 3. The molecule has 0 radical (unpaired) electrons. The fraction of sp³-hybridized carbons (Fsp3) is 0.250. The molecule has 0 aliphatic heterocycles. The van der Waals surface area contributed by atoms with Crippen LogP contribution in [0.2, 0.25) is 0 Å². The van der Waals surface area contributed by atoms with Gasteiger partial charge in [0.1, 0.15) is 29.6 Å². The van der Waals surface area contributed by atoms with Crippen molar-refractivity contribution in [2.75, 3.05) is 6.61 Å². The second-order valence-corrected chi connectivity index (χ2v) is 3.62. The number of carbonyl (C=O) groups excluding carboxylic acids is 1. The van der Waals surface area contributed by atoms with Gasteiger partial charge < -0.3 is 4.74 Å². The van der Waals surface area contributed by atoms with Crippen molar-refractivity contribution in [2.45, 2.75) is 13.8 Å². The van der Waals surface area contributed by atoms with Crippen LogP contribution in [-0.2, 0) is 4.74 Å². The van der Waals surface area contributed by atoms with E-state index in [-0.39, 0.29) is 6.61 Å². The lowest BCUT2D eigenvalue weighted by Gasteiger charge is -2.05. The molecule has 1 rings (SSSR count).